The van der Waals surface area contributed by atoms with Crippen molar-refractivity contribution >= 4 is 0 Å². The van der Waals surface area contributed by atoms with Gasteiger partial charge in [-0.15, -0.1) is 0 Å². The summed E-state index contributed by atoms with van der Waals surface area (Å²) in [5.74, 6) is 1.96. The summed E-state index contributed by atoms with van der Waals surface area (Å²) in [6.45, 7) is 2.17. The summed E-state index contributed by atoms with van der Waals surface area (Å²) in [5.41, 5.74) is 3.03. The number of hydrogen-bond acceptors (Lipinski definition) is 2. The number of rotatable bonds is 4. The molecule has 2 heteroatoms. The fourth-order valence-corrected chi connectivity index (χ4v) is 3.63. The van der Waals surface area contributed by atoms with Gasteiger partial charge >= 0.3 is 0 Å². The van der Waals surface area contributed by atoms with Gasteiger partial charge < -0.3 is 10.6 Å². The Morgan fingerprint density at radius 1 is 1.00 bits per heavy atom. The summed E-state index contributed by atoms with van der Waals surface area (Å²) in [6, 6.07) is 10.3. The number of fused-ring (bicyclic) bond motifs is 1. The summed E-state index contributed by atoms with van der Waals surface area (Å²) >= 11 is 0. The first-order chi connectivity index (χ1) is 9.42. The minimum absolute atomic E-state index is 0.567. The normalized spacial score (nSPS) is 27.1. The molecule has 0 aromatic heterocycles. The SMILES string of the molecule is c1ccc2c(c1)CNCCC2NC(C1CC1)C1CC1. The molecule has 1 unspecified atom stereocenters. The van der Waals surface area contributed by atoms with Crippen molar-refractivity contribution in [3.05, 3.63) is 35.4 Å². The van der Waals surface area contributed by atoms with E-state index >= 15 is 0 Å². The Balaban J connectivity index is 1.56. The summed E-state index contributed by atoms with van der Waals surface area (Å²) in [4.78, 5) is 0. The second-order valence-electron chi connectivity index (χ2n) is 6.58. The summed E-state index contributed by atoms with van der Waals surface area (Å²) in [7, 11) is 0. The highest BCUT2D eigenvalue weighted by atomic mass is 15.0. The van der Waals surface area contributed by atoms with E-state index in [0.29, 0.717) is 6.04 Å². The lowest BCUT2D eigenvalue weighted by Gasteiger charge is -2.26. The van der Waals surface area contributed by atoms with Crippen LogP contribution in [-0.4, -0.2) is 12.6 Å². The molecule has 2 fully saturated rings. The Hall–Kier alpha value is -0.860. The predicted octanol–water partition coefficient (Wildman–Crippen LogP) is 3.00. The number of benzene rings is 1. The molecule has 2 saturated carbocycles. The lowest BCUT2D eigenvalue weighted by Crippen LogP contribution is -2.37. The van der Waals surface area contributed by atoms with Gasteiger partial charge in [0.15, 0.2) is 0 Å². The zero-order valence-corrected chi connectivity index (χ0v) is 11.6. The van der Waals surface area contributed by atoms with E-state index < -0.39 is 0 Å². The van der Waals surface area contributed by atoms with Gasteiger partial charge in [-0.05, 0) is 61.6 Å². The van der Waals surface area contributed by atoms with Crippen molar-refractivity contribution in [1.29, 1.82) is 0 Å². The van der Waals surface area contributed by atoms with Crippen LogP contribution in [0.3, 0.4) is 0 Å². The third-order valence-electron chi connectivity index (χ3n) is 5.01. The Kier molecular flexibility index (Phi) is 3.08. The molecular weight excluding hydrogens is 232 g/mol. The van der Waals surface area contributed by atoms with Gasteiger partial charge in [0, 0.05) is 18.6 Å². The van der Waals surface area contributed by atoms with Crippen LogP contribution in [0.2, 0.25) is 0 Å². The van der Waals surface area contributed by atoms with E-state index in [4.69, 9.17) is 0 Å². The topological polar surface area (TPSA) is 24.1 Å². The van der Waals surface area contributed by atoms with Gasteiger partial charge in [0.25, 0.3) is 0 Å². The van der Waals surface area contributed by atoms with Crippen LogP contribution in [0.5, 0.6) is 0 Å². The third-order valence-corrected chi connectivity index (χ3v) is 5.01. The fraction of sp³-hybridized carbons (Fsp3) is 0.647. The standard InChI is InChI=1S/C17H24N2/c1-2-4-15-14(3-1)11-18-10-9-16(15)19-17(12-5-6-12)13-7-8-13/h1-4,12-13,16-19H,5-11H2. The van der Waals surface area contributed by atoms with Gasteiger partial charge in [-0.3, -0.25) is 0 Å². The average molecular weight is 256 g/mol. The van der Waals surface area contributed by atoms with Gasteiger partial charge in [-0.1, -0.05) is 24.3 Å². The highest BCUT2D eigenvalue weighted by Crippen LogP contribution is 2.45. The molecule has 1 aromatic rings. The van der Waals surface area contributed by atoms with E-state index in [-0.39, 0.29) is 0 Å². The maximum absolute atomic E-state index is 4.04. The first-order valence-corrected chi connectivity index (χ1v) is 7.96. The first kappa shape index (κ1) is 11.9. The molecule has 2 aliphatic carbocycles. The third kappa shape index (κ3) is 2.56. The van der Waals surface area contributed by atoms with E-state index in [1.165, 1.54) is 37.7 Å². The van der Waals surface area contributed by atoms with Crippen molar-refractivity contribution < 1.29 is 0 Å². The van der Waals surface area contributed by atoms with Crippen LogP contribution in [0.4, 0.5) is 0 Å². The number of nitrogens with one attached hydrogen (secondary N) is 2. The number of hydrogen-bond donors (Lipinski definition) is 2. The van der Waals surface area contributed by atoms with Crippen LogP contribution in [0.15, 0.2) is 24.3 Å². The smallest absolute Gasteiger partial charge is 0.0338 e. The van der Waals surface area contributed by atoms with Crippen LogP contribution < -0.4 is 10.6 Å². The van der Waals surface area contributed by atoms with E-state index in [9.17, 15) is 0 Å². The maximum atomic E-state index is 4.04. The van der Waals surface area contributed by atoms with Crippen molar-refractivity contribution in [3.8, 4) is 0 Å². The van der Waals surface area contributed by atoms with Crippen LogP contribution in [0.1, 0.15) is 49.3 Å². The summed E-state index contributed by atoms with van der Waals surface area (Å²) in [6.07, 6.45) is 7.07. The van der Waals surface area contributed by atoms with Gasteiger partial charge in [0.2, 0.25) is 0 Å². The van der Waals surface area contributed by atoms with E-state index in [0.717, 1.165) is 31.0 Å². The Morgan fingerprint density at radius 2 is 1.74 bits per heavy atom. The zero-order chi connectivity index (χ0) is 12.7. The highest BCUT2D eigenvalue weighted by molar-refractivity contribution is 5.31. The zero-order valence-electron chi connectivity index (χ0n) is 11.6. The van der Waals surface area contributed by atoms with Gasteiger partial charge in [0.1, 0.15) is 0 Å². The van der Waals surface area contributed by atoms with Crippen molar-refractivity contribution in [3.63, 3.8) is 0 Å². The molecular formula is C17H24N2. The van der Waals surface area contributed by atoms with E-state index in [2.05, 4.69) is 34.9 Å². The molecule has 0 radical (unpaired) electrons. The lowest BCUT2D eigenvalue weighted by atomic mass is 9.96. The summed E-state index contributed by atoms with van der Waals surface area (Å²) < 4.78 is 0. The van der Waals surface area contributed by atoms with Crippen LogP contribution in [-0.2, 0) is 6.54 Å². The Labute approximate surface area is 116 Å². The molecule has 0 amide bonds. The Morgan fingerprint density at radius 3 is 2.47 bits per heavy atom. The molecule has 0 saturated heterocycles. The molecule has 102 valence electrons. The molecule has 2 nitrogen and oxygen atoms in total. The molecule has 4 rings (SSSR count). The monoisotopic (exact) mass is 256 g/mol. The molecule has 1 aliphatic heterocycles. The van der Waals surface area contributed by atoms with Gasteiger partial charge in [-0.2, -0.15) is 0 Å². The molecule has 19 heavy (non-hydrogen) atoms. The van der Waals surface area contributed by atoms with Crippen LogP contribution in [0.25, 0.3) is 0 Å². The lowest BCUT2D eigenvalue weighted by molar-refractivity contribution is 0.354. The largest absolute Gasteiger partial charge is 0.313 e. The van der Waals surface area contributed by atoms with Crippen molar-refractivity contribution in [2.24, 2.45) is 11.8 Å². The fourth-order valence-electron chi connectivity index (χ4n) is 3.63. The van der Waals surface area contributed by atoms with Crippen molar-refractivity contribution in [2.45, 2.75) is 50.7 Å². The molecule has 3 aliphatic rings. The van der Waals surface area contributed by atoms with Crippen molar-refractivity contribution in [2.75, 3.05) is 6.54 Å². The molecule has 1 heterocycles. The summed E-state index contributed by atoms with van der Waals surface area (Å²) in [5, 5.41) is 7.59. The average Bonchev–Trinajstić information content (AvgIpc) is 3.31. The quantitative estimate of drug-likeness (QED) is 0.865. The van der Waals surface area contributed by atoms with Crippen molar-refractivity contribution in [1.82, 2.24) is 10.6 Å². The predicted molar refractivity (Wildman–Crippen MR) is 77.9 cm³/mol. The molecule has 0 spiro atoms. The van der Waals surface area contributed by atoms with E-state index in [1.54, 1.807) is 5.56 Å². The maximum Gasteiger partial charge on any atom is 0.0338 e. The van der Waals surface area contributed by atoms with Gasteiger partial charge in [0.05, 0.1) is 0 Å². The second kappa shape index (κ2) is 4.92. The molecule has 1 aromatic carbocycles. The van der Waals surface area contributed by atoms with E-state index in [1.807, 2.05) is 0 Å². The molecule has 1 atom stereocenters. The van der Waals surface area contributed by atoms with Crippen LogP contribution >= 0.6 is 0 Å². The van der Waals surface area contributed by atoms with Crippen LogP contribution in [0, 0.1) is 11.8 Å². The Bertz CT molecular complexity index is 436. The first-order valence-electron chi connectivity index (χ1n) is 7.96. The minimum atomic E-state index is 0.567. The molecule has 2 N–H and O–H groups in total. The highest BCUT2D eigenvalue weighted by Gasteiger charge is 2.42. The molecule has 0 bridgehead atoms. The second-order valence-corrected chi connectivity index (χ2v) is 6.58. The minimum Gasteiger partial charge on any atom is -0.313 e. The van der Waals surface area contributed by atoms with Gasteiger partial charge in [-0.25, -0.2) is 0 Å².